The van der Waals surface area contributed by atoms with Crippen molar-refractivity contribution in [3.63, 3.8) is 0 Å². The molecule has 2 aromatic carbocycles. The Labute approximate surface area is 164 Å². The number of aromatic nitrogens is 1. The molecule has 0 aliphatic heterocycles. The van der Waals surface area contributed by atoms with Gasteiger partial charge in [-0.1, -0.05) is 24.3 Å². The van der Waals surface area contributed by atoms with Crippen LogP contribution in [-0.2, 0) is 9.59 Å². The summed E-state index contributed by atoms with van der Waals surface area (Å²) in [7, 11) is 2.66. The zero-order chi connectivity index (χ0) is 20.3. The van der Waals surface area contributed by atoms with Crippen LogP contribution >= 0.6 is 11.3 Å². The number of thiazole rings is 1. The van der Waals surface area contributed by atoms with Crippen LogP contribution < -0.4 is 10.8 Å². The van der Waals surface area contributed by atoms with Crippen molar-refractivity contribution in [3.05, 3.63) is 54.1 Å². The Hall–Kier alpha value is -3.30. The van der Waals surface area contributed by atoms with Gasteiger partial charge in [0, 0.05) is 25.2 Å². The van der Waals surface area contributed by atoms with Crippen LogP contribution in [0.25, 0.3) is 20.8 Å². The molecule has 1 atom stereocenters. The first-order chi connectivity index (χ1) is 13.5. The number of nitrogens with one attached hydrogen (secondary N) is 2. The molecule has 0 aliphatic carbocycles. The van der Waals surface area contributed by atoms with Crippen molar-refractivity contribution in [1.82, 2.24) is 20.7 Å². The van der Waals surface area contributed by atoms with Gasteiger partial charge in [-0.2, -0.15) is 0 Å². The van der Waals surface area contributed by atoms with Crippen molar-refractivity contribution in [2.24, 2.45) is 0 Å². The summed E-state index contributed by atoms with van der Waals surface area (Å²) in [6, 6.07) is 13.1. The van der Waals surface area contributed by atoms with Crippen molar-refractivity contribution in [1.29, 1.82) is 0 Å². The molecule has 9 heteroatoms. The molecule has 1 unspecified atom stereocenters. The lowest BCUT2D eigenvalue weighted by molar-refractivity contribution is -0.140. The van der Waals surface area contributed by atoms with Gasteiger partial charge < -0.3 is 10.2 Å². The fraction of sp³-hybridized carbons (Fsp3) is 0.158. The van der Waals surface area contributed by atoms with E-state index in [-0.39, 0.29) is 0 Å². The van der Waals surface area contributed by atoms with Crippen LogP contribution in [0.2, 0.25) is 0 Å². The van der Waals surface area contributed by atoms with Crippen LogP contribution in [-0.4, -0.2) is 52.9 Å². The SMILES string of the molecule is CNC(=O)C(C(=O)NO)N(C)C(=O)c1ccc(-c2nc3ccccc3s2)cc1. The van der Waals surface area contributed by atoms with Gasteiger partial charge in [-0.05, 0) is 24.3 Å². The third-order valence-electron chi connectivity index (χ3n) is 4.23. The van der Waals surface area contributed by atoms with E-state index < -0.39 is 23.8 Å². The molecule has 0 fully saturated rings. The van der Waals surface area contributed by atoms with E-state index in [1.54, 1.807) is 35.6 Å². The van der Waals surface area contributed by atoms with Gasteiger partial charge in [0.25, 0.3) is 17.7 Å². The van der Waals surface area contributed by atoms with E-state index in [0.29, 0.717) is 5.56 Å². The maximum Gasteiger partial charge on any atom is 0.275 e. The van der Waals surface area contributed by atoms with Gasteiger partial charge in [0.15, 0.2) is 6.04 Å². The van der Waals surface area contributed by atoms with Crippen LogP contribution in [0.1, 0.15) is 10.4 Å². The van der Waals surface area contributed by atoms with Gasteiger partial charge in [-0.15, -0.1) is 11.3 Å². The second kappa shape index (κ2) is 8.15. The van der Waals surface area contributed by atoms with Crippen LogP contribution in [0.15, 0.2) is 48.5 Å². The molecule has 3 rings (SSSR count). The number of para-hydroxylation sites is 1. The molecule has 0 saturated carbocycles. The summed E-state index contributed by atoms with van der Waals surface area (Å²) >= 11 is 1.55. The van der Waals surface area contributed by atoms with Crippen LogP contribution in [0.5, 0.6) is 0 Å². The summed E-state index contributed by atoms with van der Waals surface area (Å²) in [5, 5.41) is 12.0. The second-order valence-electron chi connectivity index (χ2n) is 5.97. The smallest absolute Gasteiger partial charge is 0.275 e. The number of benzene rings is 2. The highest BCUT2D eigenvalue weighted by Crippen LogP contribution is 2.30. The summed E-state index contributed by atoms with van der Waals surface area (Å²) in [6.07, 6.45) is 0. The van der Waals surface area contributed by atoms with Gasteiger partial charge in [-0.3, -0.25) is 19.6 Å². The number of carbonyl (C=O) groups is 3. The molecule has 3 aromatic rings. The summed E-state index contributed by atoms with van der Waals surface area (Å²) in [5.74, 6) is -2.25. The minimum absolute atomic E-state index is 0.298. The number of hydrogen-bond acceptors (Lipinski definition) is 6. The van der Waals surface area contributed by atoms with Gasteiger partial charge in [0.05, 0.1) is 10.2 Å². The number of amides is 3. The number of rotatable bonds is 5. The minimum Gasteiger partial charge on any atom is -0.357 e. The summed E-state index contributed by atoms with van der Waals surface area (Å²) in [4.78, 5) is 42.0. The van der Waals surface area contributed by atoms with E-state index in [4.69, 9.17) is 5.21 Å². The quantitative estimate of drug-likeness (QED) is 0.344. The summed E-state index contributed by atoms with van der Waals surface area (Å²) in [5.41, 5.74) is 3.47. The first kappa shape index (κ1) is 19.5. The van der Waals surface area contributed by atoms with E-state index in [2.05, 4.69) is 10.3 Å². The zero-order valence-electron chi connectivity index (χ0n) is 15.2. The average Bonchev–Trinajstić information content (AvgIpc) is 3.17. The third kappa shape index (κ3) is 3.71. The fourth-order valence-electron chi connectivity index (χ4n) is 2.74. The van der Waals surface area contributed by atoms with Gasteiger partial charge in [0.2, 0.25) is 0 Å². The predicted octanol–water partition coefficient (Wildman–Crippen LogP) is 1.66. The molecule has 28 heavy (non-hydrogen) atoms. The Morgan fingerprint density at radius 2 is 1.75 bits per heavy atom. The molecule has 0 bridgehead atoms. The van der Waals surface area contributed by atoms with E-state index in [1.807, 2.05) is 24.3 Å². The Kier molecular flexibility index (Phi) is 5.67. The average molecular weight is 398 g/mol. The highest BCUT2D eigenvalue weighted by molar-refractivity contribution is 7.21. The fourth-order valence-corrected chi connectivity index (χ4v) is 3.71. The number of nitrogens with zero attached hydrogens (tertiary/aromatic N) is 2. The lowest BCUT2D eigenvalue weighted by Gasteiger charge is -2.25. The Balaban J connectivity index is 1.84. The molecule has 1 heterocycles. The lowest BCUT2D eigenvalue weighted by atomic mass is 10.1. The van der Waals surface area contributed by atoms with Crippen LogP contribution in [0, 0.1) is 0 Å². The molecule has 0 spiro atoms. The van der Waals surface area contributed by atoms with Crippen molar-refractivity contribution < 1.29 is 19.6 Å². The molecule has 0 radical (unpaired) electrons. The first-order valence-corrected chi connectivity index (χ1v) is 9.16. The summed E-state index contributed by atoms with van der Waals surface area (Å²) in [6.45, 7) is 0. The molecular formula is C19H18N4O4S. The topological polar surface area (TPSA) is 112 Å². The van der Waals surface area contributed by atoms with Crippen LogP contribution in [0.3, 0.4) is 0 Å². The molecule has 0 aliphatic rings. The van der Waals surface area contributed by atoms with Crippen molar-refractivity contribution >= 4 is 39.3 Å². The van der Waals surface area contributed by atoms with E-state index in [9.17, 15) is 14.4 Å². The molecule has 3 N–H and O–H groups in total. The minimum atomic E-state index is -1.49. The lowest BCUT2D eigenvalue weighted by Crippen LogP contribution is -2.54. The van der Waals surface area contributed by atoms with Gasteiger partial charge >= 0.3 is 0 Å². The highest BCUT2D eigenvalue weighted by Gasteiger charge is 2.33. The molecule has 1 aromatic heterocycles. The number of fused-ring (bicyclic) bond motifs is 1. The van der Waals surface area contributed by atoms with Crippen molar-refractivity contribution in [2.45, 2.75) is 6.04 Å². The monoisotopic (exact) mass is 398 g/mol. The standard InChI is InChI=1S/C19H18N4O4S/c1-20-16(24)15(17(25)22-27)23(2)19(26)12-9-7-11(8-10-12)18-21-13-5-3-4-6-14(13)28-18/h3-10,15,27H,1-2H3,(H,20,24)(H,22,25). The maximum absolute atomic E-state index is 12.7. The maximum atomic E-state index is 12.7. The second-order valence-corrected chi connectivity index (χ2v) is 7.00. The zero-order valence-corrected chi connectivity index (χ0v) is 16.0. The molecule has 3 amide bonds. The molecule has 0 saturated heterocycles. The van der Waals surface area contributed by atoms with E-state index >= 15 is 0 Å². The number of carbonyl (C=O) groups excluding carboxylic acids is 3. The van der Waals surface area contributed by atoms with Gasteiger partial charge in [0.1, 0.15) is 5.01 Å². The first-order valence-electron chi connectivity index (χ1n) is 8.35. The molecule has 144 valence electrons. The van der Waals surface area contributed by atoms with E-state index in [0.717, 1.165) is 25.7 Å². The largest absolute Gasteiger partial charge is 0.357 e. The Morgan fingerprint density at radius 3 is 2.36 bits per heavy atom. The van der Waals surface area contributed by atoms with Crippen LogP contribution in [0.4, 0.5) is 0 Å². The Bertz CT molecular complexity index is 983. The Morgan fingerprint density at radius 1 is 1.07 bits per heavy atom. The van der Waals surface area contributed by atoms with Gasteiger partial charge in [-0.25, -0.2) is 10.5 Å². The van der Waals surface area contributed by atoms with Crippen molar-refractivity contribution in [3.8, 4) is 10.6 Å². The third-order valence-corrected chi connectivity index (χ3v) is 5.32. The number of likely N-dealkylation sites (N-methyl/N-ethyl adjacent to an activating group) is 2. The molecular weight excluding hydrogens is 380 g/mol. The van der Waals surface area contributed by atoms with Crippen molar-refractivity contribution in [2.75, 3.05) is 14.1 Å². The summed E-state index contributed by atoms with van der Waals surface area (Å²) < 4.78 is 1.07. The highest BCUT2D eigenvalue weighted by atomic mass is 32.1. The molecule has 8 nitrogen and oxygen atoms in total. The number of hydroxylamine groups is 1. The van der Waals surface area contributed by atoms with E-state index in [1.165, 1.54) is 19.6 Å². The predicted molar refractivity (Wildman–Crippen MR) is 105 cm³/mol. The normalized spacial score (nSPS) is 11.7. The number of hydrogen-bond donors (Lipinski definition) is 3.